The van der Waals surface area contributed by atoms with Crippen molar-refractivity contribution < 1.29 is 43.2 Å². The fraction of sp³-hybridized carbons (Fsp3) is 0.0952. The molecular weight excluding hydrogens is 499 g/mol. The van der Waals surface area contributed by atoms with Gasteiger partial charge in [0.1, 0.15) is 21.3 Å². The maximum absolute atomic E-state index is 13.4. The van der Waals surface area contributed by atoms with Crippen LogP contribution in [0, 0.1) is 0 Å². The smallest absolute Gasteiger partial charge is 0.437 e. The molecule has 0 radical (unpaired) electrons. The Hall–Kier alpha value is -3.58. The summed E-state index contributed by atoms with van der Waals surface area (Å²) in [6.45, 7) is 0. The Morgan fingerprint density at radius 1 is 0.735 bits per heavy atom. The fourth-order valence-corrected chi connectivity index (χ4v) is 4.25. The molecule has 0 fully saturated rings. The highest BCUT2D eigenvalue weighted by Gasteiger charge is 2.38. The van der Waals surface area contributed by atoms with Crippen LogP contribution in [0.2, 0.25) is 0 Å². The first-order valence-electron chi connectivity index (χ1n) is 9.25. The van der Waals surface area contributed by atoms with Gasteiger partial charge in [-0.25, -0.2) is 0 Å². The minimum absolute atomic E-state index is 0.123. The van der Waals surface area contributed by atoms with Gasteiger partial charge in [-0.1, -0.05) is 23.4 Å². The third-order valence-electron chi connectivity index (χ3n) is 4.21. The van der Waals surface area contributed by atoms with Gasteiger partial charge >= 0.3 is 26.4 Å². The average Bonchev–Trinajstić information content (AvgIpc) is 2.79. The number of oxime groups is 1. The van der Waals surface area contributed by atoms with Crippen molar-refractivity contribution >= 4 is 25.9 Å². The van der Waals surface area contributed by atoms with Gasteiger partial charge in [-0.15, -0.1) is 0 Å². The predicted octanol–water partition coefficient (Wildman–Crippen LogP) is 4.13. The Balaban J connectivity index is 1.81. The standard InChI is InChI=1S/C21H16F3NO7S2/c1-30-16-9-7-15(8-10-16)20(21(22,23)24)25-32-34(28,29)19-13-11-17(12-14-19)31-33(26,27)18-5-3-2-4-6-18/h2-14H,1H3/b25-20-. The van der Waals surface area contributed by atoms with Gasteiger partial charge in [-0.3, -0.25) is 4.28 Å². The summed E-state index contributed by atoms with van der Waals surface area (Å²) in [6.07, 6.45) is -5.02. The Labute approximate surface area is 193 Å². The van der Waals surface area contributed by atoms with Crippen molar-refractivity contribution in [1.29, 1.82) is 0 Å². The van der Waals surface area contributed by atoms with Crippen LogP contribution in [0.4, 0.5) is 13.2 Å². The first kappa shape index (κ1) is 25.1. The number of ether oxygens (including phenoxy) is 1. The zero-order valence-corrected chi connectivity index (χ0v) is 18.9. The molecule has 8 nitrogen and oxygen atoms in total. The van der Waals surface area contributed by atoms with Crippen molar-refractivity contribution in [3.63, 3.8) is 0 Å². The van der Waals surface area contributed by atoms with Gasteiger partial charge in [0.2, 0.25) is 0 Å². The lowest BCUT2D eigenvalue weighted by molar-refractivity contribution is -0.0597. The molecule has 0 unspecified atom stereocenters. The van der Waals surface area contributed by atoms with E-state index >= 15 is 0 Å². The van der Waals surface area contributed by atoms with Crippen LogP contribution in [0.25, 0.3) is 0 Å². The first-order chi connectivity index (χ1) is 15.9. The second kappa shape index (κ2) is 9.73. The summed E-state index contributed by atoms with van der Waals surface area (Å²) in [6, 6.07) is 15.6. The van der Waals surface area contributed by atoms with E-state index in [0.717, 1.165) is 36.4 Å². The topological polar surface area (TPSA) is 108 Å². The number of rotatable bonds is 8. The lowest BCUT2D eigenvalue weighted by atomic mass is 10.1. The van der Waals surface area contributed by atoms with Crippen LogP contribution >= 0.6 is 0 Å². The highest BCUT2D eigenvalue weighted by Crippen LogP contribution is 2.26. The van der Waals surface area contributed by atoms with E-state index in [1.54, 1.807) is 6.07 Å². The van der Waals surface area contributed by atoms with Crippen molar-refractivity contribution in [2.45, 2.75) is 16.0 Å². The molecule has 3 aromatic carbocycles. The average molecular weight is 515 g/mol. The van der Waals surface area contributed by atoms with Gasteiger partial charge in [0.25, 0.3) is 0 Å². The Kier molecular flexibility index (Phi) is 7.17. The van der Waals surface area contributed by atoms with E-state index in [4.69, 9.17) is 8.92 Å². The minimum atomic E-state index is -5.02. The zero-order chi connectivity index (χ0) is 25.0. The summed E-state index contributed by atoms with van der Waals surface area (Å²) in [5, 5.41) is 2.83. The molecule has 0 saturated carbocycles. The van der Waals surface area contributed by atoms with E-state index in [1.807, 2.05) is 0 Å². The summed E-state index contributed by atoms with van der Waals surface area (Å²) in [5.41, 5.74) is -2.02. The Morgan fingerprint density at radius 3 is 1.79 bits per heavy atom. The predicted molar refractivity (Wildman–Crippen MR) is 115 cm³/mol. The molecule has 0 aromatic heterocycles. The highest BCUT2D eigenvalue weighted by atomic mass is 32.2. The number of alkyl halides is 3. The summed E-state index contributed by atoms with van der Waals surface area (Å²) in [7, 11) is -7.61. The van der Waals surface area contributed by atoms with Crippen LogP contribution in [0.15, 0.2) is 93.8 Å². The van der Waals surface area contributed by atoms with Crippen molar-refractivity contribution in [3.05, 3.63) is 84.4 Å². The van der Waals surface area contributed by atoms with Crippen LogP contribution < -0.4 is 8.92 Å². The summed E-state index contributed by atoms with van der Waals surface area (Å²) in [5.74, 6) is 0.0657. The van der Waals surface area contributed by atoms with Gasteiger partial charge in [0.05, 0.1) is 7.11 Å². The molecule has 0 heterocycles. The second-order valence-corrected chi connectivity index (χ2v) is 9.59. The van der Waals surface area contributed by atoms with Crippen LogP contribution in [0.1, 0.15) is 5.56 Å². The van der Waals surface area contributed by atoms with E-state index in [-0.39, 0.29) is 16.4 Å². The van der Waals surface area contributed by atoms with Crippen molar-refractivity contribution in [2.75, 3.05) is 7.11 Å². The van der Waals surface area contributed by atoms with E-state index in [2.05, 4.69) is 9.44 Å². The lowest BCUT2D eigenvalue weighted by Crippen LogP contribution is -2.25. The second-order valence-electron chi connectivity index (χ2n) is 6.52. The Morgan fingerprint density at radius 2 is 1.26 bits per heavy atom. The van der Waals surface area contributed by atoms with Gasteiger partial charge < -0.3 is 8.92 Å². The van der Waals surface area contributed by atoms with Gasteiger partial charge in [-0.05, 0) is 60.7 Å². The highest BCUT2D eigenvalue weighted by molar-refractivity contribution is 7.87. The molecule has 3 rings (SSSR count). The molecule has 0 atom stereocenters. The van der Waals surface area contributed by atoms with Gasteiger partial charge in [-0.2, -0.15) is 30.0 Å². The van der Waals surface area contributed by atoms with E-state index in [1.165, 1.54) is 43.5 Å². The molecule has 180 valence electrons. The molecule has 0 saturated heterocycles. The fourth-order valence-electron chi connectivity index (χ4n) is 2.57. The number of hydrogen-bond donors (Lipinski definition) is 0. The third kappa shape index (κ3) is 6.05. The normalized spacial score (nSPS) is 12.8. The SMILES string of the molecule is COc1ccc(/C(=N/OS(=O)(=O)c2ccc(OS(=O)(=O)c3ccccc3)cc2)C(F)(F)F)cc1. The van der Waals surface area contributed by atoms with Crippen LogP contribution in [0.3, 0.4) is 0 Å². The lowest BCUT2D eigenvalue weighted by Gasteiger charge is -2.11. The minimum Gasteiger partial charge on any atom is -0.497 e. The van der Waals surface area contributed by atoms with Crippen molar-refractivity contribution in [3.8, 4) is 11.5 Å². The van der Waals surface area contributed by atoms with E-state index in [0.29, 0.717) is 0 Å². The molecule has 0 spiro atoms. The van der Waals surface area contributed by atoms with E-state index < -0.39 is 42.6 Å². The maximum atomic E-state index is 13.4. The van der Waals surface area contributed by atoms with Gasteiger partial charge in [0.15, 0.2) is 5.71 Å². The molecule has 0 bridgehead atoms. The van der Waals surface area contributed by atoms with Crippen LogP contribution in [-0.4, -0.2) is 35.8 Å². The number of hydrogen-bond acceptors (Lipinski definition) is 8. The molecule has 0 aliphatic rings. The molecule has 0 aliphatic carbocycles. The summed E-state index contributed by atoms with van der Waals surface area (Å²) < 4.78 is 103. The zero-order valence-electron chi connectivity index (χ0n) is 17.3. The van der Waals surface area contributed by atoms with Gasteiger partial charge in [0, 0.05) is 5.56 Å². The van der Waals surface area contributed by atoms with Crippen LogP contribution in [0.5, 0.6) is 11.5 Å². The van der Waals surface area contributed by atoms with Crippen LogP contribution in [-0.2, 0) is 24.5 Å². The molecule has 0 amide bonds. The van der Waals surface area contributed by atoms with Crippen molar-refractivity contribution in [1.82, 2.24) is 0 Å². The molecule has 0 aliphatic heterocycles. The largest absolute Gasteiger partial charge is 0.497 e. The quantitative estimate of drug-likeness (QED) is 0.252. The Bertz CT molecular complexity index is 1370. The summed E-state index contributed by atoms with van der Waals surface area (Å²) >= 11 is 0. The number of benzene rings is 3. The number of nitrogens with zero attached hydrogens (tertiary/aromatic N) is 1. The molecule has 0 N–H and O–H groups in total. The van der Waals surface area contributed by atoms with E-state index in [9.17, 15) is 30.0 Å². The van der Waals surface area contributed by atoms with Crippen molar-refractivity contribution in [2.24, 2.45) is 5.16 Å². The maximum Gasteiger partial charge on any atom is 0.437 e. The first-order valence-corrected chi connectivity index (χ1v) is 12.1. The molecule has 34 heavy (non-hydrogen) atoms. The third-order valence-corrected chi connectivity index (χ3v) is 6.59. The molecular formula is C21H16F3NO7S2. The number of halogens is 3. The summed E-state index contributed by atoms with van der Waals surface area (Å²) in [4.78, 5) is -0.695. The monoisotopic (exact) mass is 515 g/mol. The molecule has 3 aromatic rings. The number of methoxy groups -OCH3 is 1. The molecule has 13 heteroatoms.